The number of amides is 1. The van der Waals surface area contributed by atoms with Crippen LogP contribution in [0.1, 0.15) is 111 Å². The number of nitrogens with one attached hydrogen (secondary N) is 1. The van der Waals surface area contributed by atoms with Gasteiger partial charge in [0.25, 0.3) is 0 Å². The lowest BCUT2D eigenvalue weighted by molar-refractivity contribution is -0.126. The van der Waals surface area contributed by atoms with Gasteiger partial charge in [0.05, 0.1) is 19.3 Å². The second-order valence-corrected chi connectivity index (χ2v) is 9.73. The zero-order valence-electron chi connectivity index (χ0n) is 21.7. The molecule has 0 aromatic carbocycles. The third-order valence-corrected chi connectivity index (χ3v) is 6.55. The van der Waals surface area contributed by atoms with E-state index in [0.717, 1.165) is 51.9 Å². The topological polar surface area (TPSA) is 41.6 Å². The molecule has 0 aromatic heterocycles. The summed E-state index contributed by atoms with van der Waals surface area (Å²) >= 11 is 0. The van der Waals surface area contributed by atoms with Gasteiger partial charge in [-0.2, -0.15) is 0 Å². The number of hydrogen-bond acceptors (Lipinski definition) is 3. The van der Waals surface area contributed by atoms with E-state index in [4.69, 9.17) is 4.74 Å². The lowest BCUT2D eigenvalue weighted by atomic mass is 9.94. The summed E-state index contributed by atoms with van der Waals surface area (Å²) in [5.74, 6) is 7.70. The molecule has 2 unspecified atom stereocenters. The van der Waals surface area contributed by atoms with Gasteiger partial charge >= 0.3 is 0 Å². The van der Waals surface area contributed by atoms with Crippen LogP contribution in [-0.4, -0.2) is 49.7 Å². The Hall–Kier alpha value is -1.05. The van der Waals surface area contributed by atoms with Crippen molar-refractivity contribution in [2.75, 3.05) is 32.8 Å². The lowest BCUT2D eigenvalue weighted by Crippen LogP contribution is -2.48. The van der Waals surface area contributed by atoms with E-state index in [1.807, 2.05) is 0 Å². The fourth-order valence-corrected chi connectivity index (χ4v) is 4.36. The SMILES string of the molecule is CCCCCCC(C)C#CCN1CCO[C@@H](CNC(=O)C(CCCC)CCCCCC)C1. The fourth-order valence-electron chi connectivity index (χ4n) is 4.36. The van der Waals surface area contributed by atoms with Gasteiger partial charge in [-0.15, -0.1) is 0 Å². The predicted molar refractivity (Wildman–Crippen MR) is 137 cm³/mol. The lowest BCUT2D eigenvalue weighted by Gasteiger charge is -2.32. The number of nitrogens with zero attached hydrogens (tertiary/aromatic N) is 1. The van der Waals surface area contributed by atoms with Gasteiger partial charge in [0.1, 0.15) is 0 Å². The molecule has 0 radical (unpaired) electrons. The highest BCUT2D eigenvalue weighted by Gasteiger charge is 2.23. The van der Waals surface area contributed by atoms with Crippen LogP contribution in [0, 0.1) is 23.7 Å². The molecular weight excluding hydrogens is 396 g/mol. The molecule has 1 heterocycles. The third-order valence-electron chi connectivity index (χ3n) is 6.55. The van der Waals surface area contributed by atoms with Gasteiger partial charge in [-0.3, -0.25) is 9.69 Å². The molecule has 0 aliphatic carbocycles. The first-order chi connectivity index (χ1) is 15.6. The smallest absolute Gasteiger partial charge is 0.223 e. The molecule has 4 nitrogen and oxygen atoms in total. The summed E-state index contributed by atoms with van der Waals surface area (Å²) in [5.41, 5.74) is 0. The van der Waals surface area contributed by atoms with Crippen LogP contribution < -0.4 is 5.32 Å². The Balaban J connectivity index is 2.34. The molecular formula is C28H52N2O2. The van der Waals surface area contributed by atoms with Crippen LogP contribution in [0.15, 0.2) is 0 Å². The van der Waals surface area contributed by atoms with Crippen LogP contribution in [0.25, 0.3) is 0 Å². The van der Waals surface area contributed by atoms with E-state index in [0.29, 0.717) is 12.5 Å². The number of hydrogen-bond donors (Lipinski definition) is 1. The molecule has 0 saturated carbocycles. The maximum absolute atomic E-state index is 12.8. The summed E-state index contributed by atoms with van der Waals surface area (Å²) in [6.45, 7) is 12.9. The molecule has 1 aliphatic heterocycles. The van der Waals surface area contributed by atoms with Crippen molar-refractivity contribution in [1.29, 1.82) is 0 Å². The number of carbonyl (C=O) groups excluding carboxylic acids is 1. The zero-order chi connectivity index (χ0) is 23.4. The molecule has 0 spiro atoms. The fraction of sp³-hybridized carbons (Fsp3) is 0.893. The van der Waals surface area contributed by atoms with Crippen LogP contribution >= 0.6 is 0 Å². The van der Waals surface area contributed by atoms with Crippen molar-refractivity contribution in [3.8, 4) is 11.8 Å². The Morgan fingerprint density at radius 1 is 0.969 bits per heavy atom. The first-order valence-corrected chi connectivity index (χ1v) is 13.7. The minimum absolute atomic E-state index is 0.0767. The number of ether oxygens (including phenoxy) is 1. The first kappa shape index (κ1) is 29.0. The number of morpholine rings is 1. The maximum Gasteiger partial charge on any atom is 0.223 e. The molecule has 1 amide bonds. The molecule has 3 atom stereocenters. The molecule has 0 bridgehead atoms. The summed E-state index contributed by atoms with van der Waals surface area (Å²) in [6.07, 6.45) is 15.8. The van der Waals surface area contributed by atoms with E-state index in [-0.39, 0.29) is 17.9 Å². The van der Waals surface area contributed by atoms with Crippen molar-refractivity contribution in [3.63, 3.8) is 0 Å². The summed E-state index contributed by atoms with van der Waals surface area (Å²) in [4.78, 5) is 15.2. The second-order valence-electron chi connectivity index (χ2n) is 9.73. The molecule has 1 N–H and O–H groups in total. The van der Waals surface area contributed by atoms with Crippen LogP contribution in [0.3, 0.4) is 0 Å². The highest BCUT2D eigenvalue weighted by atomic mass is 16.5. The van der Waals surface area contributed by atoms with E-state index in [1.165, 1.54) is 57.8 Å². The number of unbranched alkanes of at least 4 members (excludes halogenated alkanes) is 7. The summed E-state index contributed by atoms with van der Waals surface area (Å²) < 4.78 is 5.93. The third kappa shape index (κ3) is 14.2. The van der Waals surface area contributed by atoms with E-state index in [9.17, 15) is 4.79 Å². The van der Waals surface area contributed by atoms with Gasteiger partial charge in [0, 0.05) is 31.5 Å². The molecule has 1 aliphatic rings. The molecule has 32 heavy (non-hydrogen) atoms. The van der Waals surface area contributed by atoms with Gasteiger partial charge in [-0.1, -0.05) is 104 Å². The minimum Gasteiger partial charge on any atom is -0.374 e. The van der Waals surface area contributed by atoms with Gasteiger partial charge < -0.3 is 10.1 Å². The van der Waals surface area contributed by atoms with Crippen molar-refractivity contribution in [2.45, 2.75) is 117 Å². The second kappa shape index (κ2) is 19.4. The Labute approximate surface area is 199 Å². The number of rotatable bonds is 17. The quantitative estimate of drug-likeness (QED) is 0.213. The van der Waals surface area contributed by atoms with Crippen LogP contribution in [0.2, 0.25) is 0 Å². The Kier molecular flexibility index (Phi) is 17.6. The van der Waals surface area contributed by atoms with Crippen LogP contribution in [0.5, 0.6) is 0 Å². The summed E-state index contributed by atoms with van der Waals surface area (Å²) in [7, 11) is 0. The van der Waals surface area contributed by atoms with E-state index < -0.39 is 0 Å². The standard InChI is InChI=1S/C28H52N2O2/c1-5-8-11-13-16-25(4)17-15-20-30-21-22-32-27(24-30)23-29-28(31)26(18-10-7-3)19-14-12-9-6-2/h25-27H,5-14,16,18-24H2,1-4H3,(H,29,31)/t25?,26?,27-/m0/s1. The van der Waals surface area contributed by atoms with Crippen molar-refractivity contribution in [1.82, 2.24) is 10.2 Å². The Morgan fingerprint density at radius 2 is 1.62 bits per heavy atom. The van der Waals surface area contributed by atoms with Gasteiger partial charge in [-0.25, -0.2) is 0 Å². The monoisotopic (exact) mass is 448 g/mol. The molecule has 4 heteroatoms. The summed E-state index contributed by atoms with van der Waals surface area (Å²) in [6, 6.07) is 0. The normalized spacial score (nSPS) is 18.6. The predicted octanol–water partition coefficient (Wildman–Crippen LogP) is 6.19. The highest BCUT2D eigenvalue weighted by molar-refractivity contribution is 5.78. The molecule has 186 valence electrons. The van der Waals surface area contributed by atoms with Crippen molar-refractivity contribution < 1.29 is 9.53 Å². The minimum atomic E-state index is 0.0767. The van der Waals surface area contributed by atoms with Crippen molar-refractivity contribution in [3.05, 3.63) is 0 Å². The van der Waals surface area contributed by atoms with E-state index in [1.54, 1.807) is 0 Å². The van der Waals surface area contributed by atoms with Gasteiger partial charge in [-0.05, 0) is 19.3 Å². The molecule has 1 rings (SSSR count). The highest BCUT2D eigenvalue weighted by Crippen LogP contribution is 2.18. The Morgan fingerprint density at radius 3 is 2.31 bits per heavy atom. The maximum atomic E-state index is 12.8. The van der Waals surface area contributed by atoms with Crippen molar-refractivity contribution in [2.24, 2.45) is 11.8 Å². The molecule has 0 aromatic rings. The average Bonchev–Trinajstić information content (AvgIpc) is 2.80. The largest absolute Gasteiger partial charge is 0.374 e. The van der Waals surface area contributed by atoms with E-state index in [2.05, 4.69) is 49.8 Å². The molecule has 1 fully saturated rings. The summed E-state index contributed by atoms with van der Waals surface area (Å²) in [5, 5.41) is 3.20. The average molecular weight is 449 g/mol. The zero-order valence-corrected chi connectivity index (χ0v) is 21.7. The first-order valence-electron chi connectivity index (χ1n) is 13.7. The van der Waals surface area contributed by atoms with Crippen LogP contribution in [0.4, 0.5) is 0 Å². The van der Waals surface area contributed by atoms with Crippen LogP contribution in [-0.2, 0) is 9.53 Å². The number of carbonyl (C=O) groups is 1. The van der Waals surface area contributed by atoms with Crippen molar-refractivity contribution >= 4 is 5.91 Å². The van der Waals surface area contributed by atoms with E-state index >= 15 is 0 Å². The van der Waals surface area contributed by atoms with Gasteiger partial charge in [0.15, 0.2) is 0 Å². The Bertz CT molecular complexity index is 525. The molecule has 1 saturated heterocycles. The van der Waals surface area contributed by atoms with Gasteiger partial charge in [0.2, 0.25) is 5.91 Å².